The maximum atomic E-state index is 12.8. The summed E-state index contributed by atoms with van der Waals surface area (Å²) in [5.74, 6) is 1.18. The molecule has 2 aromatic carbocycles. The SMILES string of the molecule is CC(C)(C)n1cc(NC(=O)Cc2ccc(Oc3ccnc4ccc(S(C)(=O)=O)cc34)c3c2CCC3)cn1. The number of amides is 1. The first kappa shape index (κ1) is 25.0. The molecule has 9 heteroatoms. The second-order valence-corrected chi connectivity index (χ2v) is 12.5. The normalized spacial score (nSPS) is 13.5. The number of nitrogens with one attached hydrogen (secondary N) is 1. The second kappa shape index (κ2) is 9.30. The lowest BCUT2D eigenvalue weighted by atomic mass is 9.99. The molecule has 4 aromatic rings. The summed E-state index contributed by atoms with van der Waals surface area (Å²) < 4.78 is 32.3. The Bertz CT molecular complexity index is 1620. The van der Waals surface area contributed by atoms with Crippen molar-refractivity contribution >= 4 is 32.3 Å². The van der Waals surface area contributed by atoms with Gasteiger partial charge in [-0.25, -0.2) is 8.42 Å². The lowest BCUT2D eigenvalue weighted by Crippen LogP contribution is -2.22. The van der Waals surface area contributed by atoms with E-state index in [9.17, 15) is 13.2 Å². The molecular weight excluding hydrogens is 488 g/mol. The topological polar surface area (TPSA) is 103 Å². The molecule has 2 heterocycles. The summed E-state index contributed by atoms with van der Waals surface area (Å²) in [6.45, 7) is 6.16. The Morgan fingerprint density at radius 2 is 1.86 bits per heavy atom. The van der Waals surface area contributed by atoms with Gasteiger partial charge in [-0.15, -0.1) is 0 Å². The molecule has 1 N–H and O–H groups in total. The van der Waals surface area contributed by atoms with Crippen molar-refractivity contribution < 1.29 is 17.9 Å². The van der Waals surface area contributed by atoms with Crippen molar-refractivity contribution in [1.82, 2.24) is 14.8 Å². The third-order valence-corrected chi connectivity index (χ3v) is 7.67. The van der Waals surface area contributed by atoms with Gasteiger partial charge in [0.15, 0.2) is 9.84 Å². The highest BCUT2D eigenvalue weighted by atomic mass is 32.2. The highest BCUT2D eigenvalue weighted by Crippen LogP contribution is 2.38. The number of hydrogen-bond acceptors (Lipinski definition) is 6. The zero-order valence-electron chi connectivity index (χ0n) is 21.4. The number of aromatic nitrogens is 3. The Kier molecular flexibility index (Phi) is 6.27. The molecule has 0 aliphatic heterocycles. The molecule has 0 fully saturated rings. The summed E-state index contributed by atoms with van der Waals surface area (Å²) in [6, 6.07) is 10.4. The maximum absolute atomic E-state index is 12.8. The molecule has 1 amide bonds. The fourth-order valence-electron chi connectivity index (χ4n) is 4.68. The van der Waals surface area contributed by atoms with Crippen LogP contribution in [-0.4, -0.2) is 35.3 Å². The zero-order chi connectivity index (χ0) is 26.4. The van der Waals surface area contributed by atoms with Gasteiger partial charge in [-0.2, -0.15) is 5.10 Å². The molecule has 0 atom stereocenters. The Morgan fingerprint density at radius 1 is 1.08 bits per heavy atom. The van der Waals surface area contributed by atoms with Crippen molar-refractivity contribution in [3.63, 3.8) is 0 Å². The number of carbonyl (C=O) groups excluding carboxylic acids is 1. The summed E-state index contributed by atoms with van der Waals surface area (Å²) >= 11 is 0. The fraction of sp³-hybridized carbons (Fsp3) is 0.321. The van der Waals surface area contributed by atoms with Gasteiger partial charge in [-0.3, -0.25) is 14.5 Å². The number of pyridine rings is 1. The third kappa shape index (κ3) is 5.22. The lowest BCUT2D eigenvalue weighted by Gasteiger charge is -2.18. The van der Waals surface area contributed by atoms with E-state index >= 15 is 0 Å². The first-order valence-electron chi connectivity index (χ1n) is 12.2. The third-order valence-electron chi connectivity index (χ3n) is 6.56. The molecule has 5 rings (SSSR count). The van der Waals surface area contributed by atoms with Crippen LogP contribution in [-0.2, 0) is 39.4 Å². The predicted octanol–water partition coefficient (Wildman–Crippen LogP) is 5.05. The molecule has 0 unspecified atom stereocenters. The molecular formula is C28H30N4O4S. The van der Waals surface area contributed by atoms with E-state index in [-0.39, 0.29) is 22.8 Å². The lowest BCUT2D eigenvalue weighted by molar-refractivity contribution is -0.115. The second-order valence-electron chi connectivity index (χ2n) is 10.5. The monoisotopic (exact) mass is 518 g/mol. The number of hydrogen-bond donors (Lipinski definition) is 1. The zero-order valence-corrected chi connectivity index (χ0v) is 22.2. The van der Waals surface area contributed by atoms with Gasteiger partial charge in [0, 0.05) is 24.0 Å². The summed E-state index contributed by atoms with van der Waals surface area (Å²) in [5, 5.41) is 7.94. The van der Waals surface area contributed by atoms with Gasteiger partial charge < -0.3 is 10.1 Å². The first-order valence-corrected chi connectivity index (χ1v) is 14.1. The molecule has 1 aliphatic rings. The largest absolute Gasteiger partial charge is 0.456 e. The number of nitrogens with zero attached hydrogens (tertiary/aromatic N) is 3. The van der Waals surface area contributed by atoms with Crippen LogP contribution in [0.4, 0.5) is 5.69 Å². The maximum Gasteiger partial charge on any atom is 0.228 e. The van der Waals surface area contributed by atoms with Crippen molar-refractivity contribution in [2.45, 2.75) is 56.9 Å². The fourth-order valence-corrected chi connectivity index (χ4v) is 5.33. The summed E-state index contributed by atoms with van der Waals surface area (Å²) in [5.41, 5.74) is 4.40. The molecule has 37 heavy (non-hydrogen) atoms. The molecule has 0 spiro atoms. The molecule has 0 saturated heterocycles. The smallest absolute Gasteiger partial charge is 0.228 e. The van der Waals surface area contributed by atoms with E-state index in [2.05, 4.69) is 36.2 Å². The number of sulfone groups is 1. The van der Waals surface area contributed by atoms with Crippen LogP contribution < -0.4 is 10.1 Å². The van der Waals surface area contributed by atoms with Crippen molar-refractivity contribution in [1.29, 1.82) is 0 Å². The van der Waals surface area contributed by atoms with Gasteiger partial charge in [-0.05, 0) is 87.1 Å². The molecule has 2 aromatic heterocycles. The van der Waals surface area contributed by atoms with E-state index in [4.69, 9.17) is 4.74 Å². The van der Waals surface area contributed by atoms with Crippen LogP contribution in [0.25, 0.3) is 10.9 Å². The Morgan fingerprint density at radius 3 is 2.59 bits per heavy atom. The predicted molar refractivity (Wildman–Crippen MR) is 143 cm³/mol. The van der Waals surface area contributed by atoms with Crippen LogP contribution in [0, 0.1) is 0 Å². The van der Waals surface area contributed by atoms with Crippen LogP contribution in [0.1, 0.15) is 43.9 Å². The van der Waals surface area contributed by atoms with Crippen LogP contribution in [0.3, 0.4) is 0 Å². The average molecular weight is 519 g/mol. The van der Waals surface area contributed by atoms with E-state index < -0.39 is 9.84 Å². The van der Waals surface area contributed by atoms with Crippen LogP contribution in [0.5, 0.6) is 11.5 Å². The number of ether oxygens (including phenoxy) is 1. The van der Waals surface area contributed by atoms with Gasteiger partial charge in [0.05, 0.1) is 34.3 Å². The molecule has 0 radical (unpaired) electrons. The van der Waals surface area contributed by atoms with Gasteiger partial charge in [0.25, 0.3) is 0 Å². The molecule has 0 saturated carbocycles. The van der Waals surface area contributed by atoms with Crippen molar-refractivity contribution in [3.05, 3.63) is 71.7 Å². The van der Waals surface area contributed by atoms with Crippen LogP contribution in [0.15, 0.2) is 59.9 Å². The number of anilines is 1. The van der Waals surface area contributed by atoms with Crippen molar-refractivity contribution in [2.75, 3.05) is 11.6 Å². The first-order chi connectivity index (χ1) is 17.5. The Balaban J connectivity index is 1.39. The quantitative estimate of drug-likeness (QED) is 0.383. The van der Waals surface area contributed by atoms with Crippen LogP contribution in [0.2, 0.25) is 0 Å². The molecule has 0 bridgehead atoms. The minimum absolute atomic E-state index is 0.0929. The van der Waals surface area contributed by atoms with Crippen LogP contribution >= 0.6 is 0 Å². The summed E-state index contributed by atoms with van der Waals surface area (Å²) in [4.78, 5) is 17.4. The minimum atomic E-state index is -3.37. The van der Waals surface area contributed by atoms with Gasteiger partial charge in [0.1, 0.15) is 11.5 Å². The average Bonchev–Trinajstić information content (AvgIpc) is 3.50. The van der Waals surface area contributed by atoms with E-state index in [1.54, 1.807) is 36.7 Å². The van der Waals surface area contributed by atoms with Crippen molar-refractivity contribution in [3.8, 4) is 11.5 Å². The molecule has 1 aliphatic carbocycles. The number of rotatable bonds is 6. The van der Waals surface area contributed by atoms with Gasteiger partial charge in [-0.1, -0.05) is 6.07 Å². The van der Waals surface area contributed by atoms with E-state index in [0.29, 0.717) is 22.3 Å². The van der Waals surface area contributed by atoms with Gasteiger partial charge >= 0.3 is 0 Å². The highest BCUT2D eigenvalue weighted by Gasteiger charge is 2.22. The number of fused-ring (bicyclic) bond motifs is 2. The highest BCUT2D eigenvalue weighted by molar-refractivity contribution is 7.90. The standard InChI is InChI=1S/C28H30N4O4S/c1-28(2,3)32-17-19(16-30-32)31-27(33)14-18-8-11-25(22-7-5-6-21(18)22)36-26-12-13-29-24-10-9-20(15-23(24)26)37(4,34)35/h8-13,15-17H,5-7,14H2,1-4H3,(H,31,33). The molecule has 8 nitrogen and oxygen atoms in total. The Labute approximate surface area is 216 Å². The minimum Gasteiger partial charge on any atom is -0.456 e. The number of benzene rings is 2. The van der Waals surface area contributed by atoms with E-state index in [0.717, 1.165) is 41.7 Å². The van der Waals surface area contributed by atoms with Gasteiger partial charge in [0.2, 0.25) is 5.91 Å². The molecule has 192 valence electrons. The summed E-state index contributed by atoms with van der Waals surface area (Å²) in [7, 11) is -3.37. The van der Waals surface area contributed by atoms with E-state index in [1.165, 1.54) is 6.26 Å². The summed E-state index contributed by atoms with van der Waals surface area (Å²) in [6.07, 6.45) is 9.33. The Hall–Kier alpha value is -3.72. The van der Waals surface area contributed by atoms with Crippen molar-refractivity contribution in [2.24, 2.45) is 0 Å². The van der Waals surface area contributed by atoms with E-state index in [1.807, 2.05) is 23.0 Å². The number of carbonyl (C=O) groups is 1.